The van der Waals surface area contributed by atoms with Gasteiger partial charge in [-0.3, -0.25) is 19.7 Å². The molecule has 1 aliphatic heterocycles. The van der Waals surface area contributed by atoms with Gasteiger partial charge in [-0.1, -0.05) is 0 Å². The fourth-order valence-electron chi connectivity index (χ4n) is 2.39. The maximum absolute atomic E-state index is 11.4. The molecule has 23 heavy (non-hydrogen) atoms. The average Bonchev–Trinajstić information content (AvgIpc) is 3.16. The summed E-state index contributed by atoms with van der Waals surface area (Å²) in [5.74, 6) is 1.47. The lowest BCUT2D eigenvalue weighted by Gasteiger charge is -2.30. The van der Waals surface area contributed by atoms with Crippen molar-refractivity contribution in [3.63, 3.8) is 0 Å². The molecule has 1 amide bonds. The summed E-state index contributed by atoms with van der Waals surface area (Å²) in [6, 6.07) is 0. The Morgan fingerprint density at radius 1 is 1.57 bits per heavy atom. The number of morpholine rings is 1. The number of amides is 1. The van der Waals surface area contributed by atoms with Crippen molar-refractivity contribution in [2.75, 3.05) is 31.6 Å². The maximum atomic E-state index is 11.4. The third-order valence-corrected chi connectivity index (χ3v) is 4.70. The van der Waals surface area contributed by atoms with Crippen molar-refractivity contribution in [2.24, 2.45) is 0 Å². The highest BCUT2D eigenvalue weighted by Gasteiger charge is 2.25. The summed E-state index contributed by atoms with van der Waals surface area (Å²) in [6.45, 7) is 6.35. The lowest BCUT2D eigenvalue weighted by molar-refractivity contribution is -0.116. The first kappa shape index (κ1) is 16.0. The van der Waals surface area contributed by atoms with Gasteiger partial charge < -0.3 is 4.74 Å². The van der Waals surface area contributed by atoms with Gasteiger partial charge in [-0.15, -0.1) is 11.3 Å². The topological polar surface area (TPSA) is 87.2 Å². The lowest BCUT2D eigenvalue weighted by atomic mass is 10.2. The molecule has 1 fully saturated rings. The van der Waals surface area contributed by atoms with Crippen LogP contribution in [-0.4, -0.2) is 57.7 Å². The molecular weight excluding hydrogens is 316 g/mol. The molecular formula is C14H20N6O2S. The summed E-state index contributed by atoms with van der Waals surface area (Å²) in [4.78, 5) is 24.1. The lowest BCUT2D eigenvalue weighted by Crippen LogP contribution is -2.38. The smallest absolute Gasteiger partial charge is 0.225 e. The molecule has 0 aromatic carbocycles. The Morgan fingerprint density at radius 3 is 3.09 bits per heavy atom. The molecule has 3 heterocycles. The Kier molecular flexibility index (Phi) is 4.69. The quantitative estimate of drug-likeness (QED) is 0.900. The normalized spacial score (nSPS) is 19.0. The number of thiazole rings is 1. The van der Waals surface area contributed by atoms with E-state index in [9.17, 15) is 4.79 Å². The summed E-state index contributed by atoms with van der Waals surface area (Å²) < 4.78 is 5.76. The largest absolute Gasteiger partial charge is 0.367 e. The van der Waals surface area contributed by atoms with Crippen LogP contribution in [0.15, 0.2) is 5.38 Å². The number of anilines is 1. The van der Waals surface area contributed by atoms with Crippen LogP contribution in [0.1, 0.15) is 30.4 Å². The van der Waals surface area contributed by atoms with Crippen LogP contribution in [0.5, 0.6) is 0 Å². The molecule has 1 atom stereocenters. The van der Waals surface area contributed by atoms with E-state index < -0.39 is 0 Å². The number of H-pyrrole nitrogens is 1. The number of carbonyl (C=O) groups excluding carboxylic acids is 1. The molecule has 1 unspecified atom stereocenters. The second kappa shape index (κ2) is 6.73. The van der Waals surface area contributed by atoms with Crippen LogP contribution in [0.3, 0.4) is 0 Å². The highest BCUT2D eigenvalue weighted by molar-refractivity contribution is 7.14. The van der Waals surface area contributed by atoms with Crippen molar-refractivity contribution in [2.45, 2.75) is 26.5 Å². The molecule has 2 aromatic heterocycles. The highest BCUT2D eigenvalue weighted by Crippen LogP contribution is 2.23. The Morgan fingerprint density at radius 2 is 2.39 bits per heavy atom. The molecule has 1 aliphatic rings. The van der Waals surface area contributed by atoms with Crippen molar-refractivity contribution in [1.29, 1.82) is 0 Å². The van der Waals surface area contributed by atoms with Gasteiger partial charge in [-0.2, -0.15) is 5.10 Å². The molecule has 124 valence electrons. The third-order valence-electron chi connectivity index (χ3n) is 3.74. The molecule has 9 heteroatoms. The Bertz CT molecular complexity index is 684. The highest BCUT2D eigenvalue weighted by atomic mass is 32.1. The van der Waals surface area contributed by atoms with Crippen LogP contribution >= 0.6 is 11.3 Å². The summed E-state index contributed by atoms with van der Waals surface area (Å²) in [6.07, 6.45) is -0.119. The van der Waals surface area contributed by atoms with Crippen molar-refractivity contribution >= 4 is 22.4 Å². The molecule has 0 spiro atoms. The Hall–Kier alpha value is -1.84. The fraction of sp³-hybridized carbons (Fsp3) is 0.571. The summed E-state index contributed by atoms with van der Waals surface area (Å²) in [5, 5.41) is 9.75. The van der Waals surface area contributed by atoms with E-state index in [4.69, 9.17) is 4.74 Å². The van der Waals surface area contributed by atoms with Gasteiger partial charge in [0.05, 0.1) is 12.3 Å². The monoisotopic (exact) mass is 336 g/mol. The standard InChI is InChI=1S/C14H20N6O2S/c1-9-15-13(18-17-9)12-7-20(4-5-22-12)6-11-8-23-14(16-11)19(3)10(2)21/h8,12H,4-7H2,1-3H3,(H,15,17,18). The Balaban J connectivity index is 1.63. The first-order valence-electron chi connectivity index (χ1n) is 7.44. The summed E-state index contributed by atoms with van der Waals surface area (Å²) in [7, 11) is 1.74. The second-order valence-corrected chi connectivity index (χ2v) is 6.41. The van der Waals surface area contributed by atoms with Crippen molar-refractivity contribution in [3.8, 4) is 0 Å². The van der Waals surface area contributed by atoms with Gasteiger partial charge in [0, 0.05) is 39.0 Å². The molecule has 1 saturated heterocycles. The molecule has 0 aliphatic carbocycles. The van der Waals surface area contributed by atoms with Gasteiger partial charge in [0.2, 0.25) is 5.91 Å². The predicted octanol–water partition coefficient (Wildman–Crippen LogP) is 1.13. The predicted molar refractivity (Wildman–Crippen MR) is 86.3 cm³/mol. The van der Waals surface area contributed by atoms with Crippen LogP contribution in [0.4, 0.5) is 5.13 Å². The van der Waals surface area contributed by atoms with Gasteiger partial charge >= 0.3 is 0 Å². The van der Waals surface area contributed by atoms with Gasteiger partial charge in [-0.25, -0.2) is 9.97 Å². The number of carbonyl (C=O) groups is 1. The zero-order valence-electron chi connectivity index (χ0n) is 13.4. The van der Waals surface area contributed by atoms with Gasteiger partial charge in [-0.05, 0) is 6.92 Å². The van der Waals surface area contributed by atoms with E-state index in [1.165, 1.54) is 18.3 Å². The van der Waals surface area contributed by atoms with E-state index in [-0.39, 0.29) is 12.0 Å². The van der Waals surface area contributed by atoms with E-state index in [1.54, 1.807) is 11.9 Å². The summed E-state index contributed by atoms with van der Waals surface area (Å²) >= 11 is 1.48. The first-order chi connectivity index (χ1) is 11.0. The number of rotatable bonds is 4. The number of nitrogens with zero attached hydrogens (tertiary/aromatic N) is 5. The molecule has 8 nitrogen and oxygen atoms in total. The minimum absolute atomic E-state index is 0.0164. The third kappa shape index (κ3) is 3.74. The zero-order chi connectivity index (χ0) is 16.4. The minimum atomic E-state index is -0.119. The average molecular weight is 336 g/mol. The van der Waals surface area contributed by atoms with Gasteiger partial charge in [0.15, 0.2) is 11.0 Å². The molecule has 1 N–H and O–H groups in total. The minimum Gasteiger partial charge on any atom is -0.367 e. The van der Waals surface area contributed by atoms with Crippen molar-refractivity contribution in [3.05, 3.63) is 22.7 Å². The van der Waals surface area contributed by atoms with E-state index in [0.29, 0.717) is 12.4 Å². The number of ether oxygens (including phenoxy) is 1. The van der Waals surface area contributed by atoms with Crippen LogP contribution in [0.2, 0.25) is 0 Å². The molecule has 0 bridgehead atoms. The number of aryl methyl sites for hydroxylation is 1. The molecule has 3 rings (SSSR count). The van der Waals surface area contributed by atoms with Crippen LogP contribution < -0.4 is 4.90 Å². The number of aromatic amines is 1. The first-order valence-corrected chi connectivity index (χ1v) is 8.32. The van der Waals surface area contributed by atoms with Gasteiger partial charge in [0.1, 0.15) is 11.9 Å². The molecule has 0 radical (unpaired) electrons. The van der Waals surface area contributed by atoms with Crippen LogP contribution in [0.25, 0.3) is 0 Å². The molecule has 0 saturated carbocycles. The van der Waals surface area contributed by atoms with Crippen molar-refractivity contribution < 1.29 is 9.53 Å². The van der Waals surface area contributed by atoms with Gasteiger partial charge in [0.25, 0.3) is 0 Å². The number of aromatic nitrogens is 4. The van der Waals surface area contributed by atoms with Crippen LogP contribution in [0, 0.1) is 6.92 Å². The maximum Gasteiger partial charge on any atom is 0.225 e. The Labute approximate surface area is 138 Å². The summed E-state index contributed by atoms with van der Waals surface area (Å²) in [5.41, 5.74) is 0.963. The molecule has 2 aromatic rings. The van der Waals surface area contributed by atoms with E-state index in [1.807, 2.05) is 12.3 Å². The number of hydrogen-bond donors (Lipinski definition) is 1. The fourth-order valence-corrected chi connectivity index (χ4v) is 3.22. The zero-order valence-corrected chi connectivity index (χ0v) is 14.3. The SMILES string of the molecule is CC(=O)N(C)c1nc(CN2CCOC(c3n[nH]c(C)n3)C2)cs1. The number of hydrogen-bond acceptors (Lipinski definition) is 7. The van der Waals surface area contributed by atoms with Crippen LogP contribution in [-0.2, 0) is 16.1 Å². The van der Waals surface area contributed by atoms with E-state index >= 15 is 0 Å². The number of nitrogens with one attached hydrogen (secondary N) is 1. The van der Waals surface area contributed by atoms with Crippen molar-refractivity contribution in [1.82, 2.24) is 25.1 Å². The van der Waals surface area contributed by atoms with E-state index in [2.05, 4.69) is 25.1 Å². The van der Waals surface area contributed by atoms with E-state index in [0.717, 1.165) is 36.3 Å². The second-order valence-electron chi connectivity index (χ2n) is 5.57.